The number of aromatic nitrogens is 2. The second-order valence-corrected chi connectivity index (χ2v) is 15.8. The molecule has 8 aromatic carbocycles. The Labute approximate surface area is 344 Å². The van der Waals surface area contributed by atoms with Gasteiger partial charge in [0.1, 0.15) is 0 Å². The summed E-state index contributed by atoms with van der Waals surface area (Å²) in [5, 5.41) is 0. The molecule has 1 aliphatic heterocycles. The Kier molecular flexibility index (Phi) is 8.12. The van der Waals surface area contributed by atoms with E-state index in [4.69, 9.17) is 19.4 Å². The van der Waals surface area contributed by atoms with Crippen LogP contribution in [0.4, 0.5) is 0 Å². The van der Waals surface area contributed by atoms with Gasteiger partial charge in [-0.1, -0.05) is 166 Å². The van der Waals surface area contributed by atoms with Gasteiger partial charge >= 0.3 is 0 Å². The normalized spacial score (nSPS) is 13.0. The molecule has 1 aromatic heterocycles. The SMILES string of the molecule is CC1(C)c2ccccc2-c2c1ccc1c2Oc2cc(-c3cccc(-c4cc(-c5cccc(-c6ccccc6)c5)nc(-c5cccc(-c6ccccc6)c5)n4)c3)ccc2O1. The van der Waals surface area contributed by atoms with Crippen LogP contribution in [0.25, 0.3) is 78.4 Å². The first-order valence-corrected chi connectivity index (χ1v) is 20.0. The molecule has 9 aromatic rings. The van der Waals surface area contributed by atoms with Gasteiger partial charge in [-0.15, -0.1) is 0 Å². The van der Waals surface area contributed by atoms with E-state index in [1.165, 1.54) is 16.7 Å². The summed E-state index contributed by atoms with van der Waals surface area (Å²) in [6.07, 6.45) is 0. The van der Waals surface area contributed by atoms with Crippen LogP contribution in [0.3, 0.4) is 0 Å². The van der Waals surface area contributed by atoms with Gasteiger partial charge in [0, 0.05) is 27.7 Å². The molecule has 0 unspecified atom stereocenters. The van der Waals surface area contributed by atoms with Crippen LogP contribution in [0, 0.1) is 0 Å². The van der Waals surface area contributed by atoms with Crippen LogP contribution in [-0.4, -0.2) is 9.97 Å². The fourth-order valence-corrected chi connectivity index (χ4v) is 8.69. The monoisotopic (exact) mass is 758 g/mol. The van der Waals surface area contributed by atoms with E-state index in [0.29, 0.717) is 17.3 Å². The third-order valence-corrected chi connectivity index (χ3v) is 11.8. The summed E-state index contributed by atoms with van der Waals surface area (Å²) >= 11 is 0. The van der Waals surface area contributed by atoms with Crippen molar-refractivity contribution in [1.29, 1.82) is 0 Å². The quantitative estimate of drug-likeness (QED) is 0.169. The number of ether oxygens (including phenoxy) is 2. The lowest BCUT2D eigenvalue weighted by molar-refractivity contribution is 0.360. The molecule has 0 N–H and O–H groups in total. The zero-order valence-corrected chi connectivity index (χ0v) is 32.7. The first-order chi connectivity index (χ1) is 29.0. The average molecular weight is 759 g/mol. The molecule has 4 heteroatoms. The first-order valence-electron chi connectivity index (χ1n) is 20.0. The summed E-state index contributed by atoms with van der Waals surface area (Å²) in [7, 11) is 0. The molecule has 0 amide bonds. The Hall–Kier alpha value is -7.56. The highest BCUT2D eigenvalue weighted by atomic mass is 16.6. The van der Waals surface area contributed by atoms with Crippen LogP contribution in [0.2, 0.25) is 0 Å². The highest BCUT2D eigenvalue weighted by molar-refractivity contribution is 5.88. The summed E-state index contributed by atoms with van der Waals surface area (Å²) < 4.78 is 13.3. The summed E-state index contributed by atoms with van der Waals surface area (Å²) in [5.74, 6) is 3.56. The van der Waals surface area contributed by atoms with E-state index in [9.17, 15) is 0 Å². The minimum Gasteiger partial charge on any atom is -0.449 e. The Morgan fingerprint density at radius 1 is 0.356 bits per heavy atom. The minimum absolute atomic E-state index is 0.136. The zero-order chi connectivity index (χ0) is 39.5. The third-order valence-electron chi connectivity index (χ3n) is 11.8. The predicted octanol–water partition coefficient (Wildman–Crippen LogP) is 14.7. The first kappa shape index (κ1) is 34.7. The van der Waals surface area contributed by atoms with Gasteiger partial charge < -0.3 is 9.47 Å². The summed E-state index contributed by atoms with van der Waals surface area (Å²) in [6.45, 7) is 4.56. The smallest absolute Gasteiger partial charge is 0.178 e. The minimum atomic E-state index is -0.136. The molecule has 2 heterocycles. The van der Waals surface area contributed by atoms with Gasteiger partial charge in [0.2, 0.25) is 0 Å². The van der Waals surface area contributed by atoms with Gasteiger partial charge in [-0.25, -0.2) is 9.97 Å². The van der Waals surface area contributed by atoms with Crippen molar-refractivity contribution in [2.24, 2.45) is 0 Å². The van der Waals surface area contributed by atoms with Gasteiger partial charge in [0.15, 0.2) is 28.8 Å². The fraction of sp³-hybridized carbons (Fsp3) is 0.0545. The van der Waals surface area contributed by atoms with Crippen molar-refractivity contribution in [2.45, 2.75) is 19.3 Å². The number of fused-ring (bicyclic) bond motifs is 6. The molecule has 1 aliphatic carbocycles. The summed E-state index contributed by atoms with van der Waals surface area (Å²) in [6, 6.07) is 67.7. The van der Waals surface area contributed by atoms with Gasteiger partial charge in [0.25, 0.3) is 0 Å². The van der Waals surface area contributed by atoms with Crippen LogP contribution in [0.15, 0.2) is 194 Å². The molecule has 280 valence electrons. The van der Waals surface area contributed by atoms with Gasteiger partial charge in [-0.05, 0) is 92.5 Å². The second kappa shape index (κ2) is 13.8. The number of nitrogens with zero attached hydrogens (tertiary/aromatic N) is 2. The molecule has 0 saturated heterocycles. The van der Waals surface area contributed by atoms with Crippen molar-refractivity contribution >= 4 is 0 Å². The highest BCUT2D eigenvalue weighted by Crippen LogP contribution is 2.58. The Bertz CT molecular complexity index is 2980. The van der Waals surface area contributed by atoms with Crippen LogP contribution in [0.5, 0.6) is 23.0 Å². The molecule has 0 bridgehead atoms. The van der Waals surface area contributed by atoms with E-state index >= 15 is 0 Å². The predicted molar refractivity (Wildman–Crippen MR) is 239 cm³/mol. The maximum Gasteiger partial charge on any atom is 0.178 e. The van der Waals surface area contributed by atoms with Crippen LogP contribution < -0.4 is 9.47 Å². The zero-order valence-electron chi connectivity index (χ0n) is 32.7. The van der Waals surface area contributed by atoms with Gasteiger partial charge in [0.05, 0.1) is 11.4 Å². The third kappa shape index (κ3) is 6.09. The van der Waals surface area contributed by atoms with E-state index in [0.717, 1.165) is 78.5 Å². The molecule has 0 saturated carbocycles. The number of benzene rings is 8. The summed E-state index contributed by atoms with van der Waals surface area (Å²) in [5.41, 5.74) is 16.0. The van der Waals surface area contributed by atoms with Crippen molar-refractivity contribution in [1.82, 2.24) is 9.97 Å². The second-order valence-electron chi connectivity index (χ2n) is 15.8. The molecule has 4 nitrogen and oxygen atoms in total. The lowest BCUT2D eigenvalue weighted by Crippen LogP contribution is -2.15. The molecular formula is C55H38N2O2. The van der Waals surface area contributed by atoms with Crippen molar-refractivity contribution in [3.63, 3.8) is 0 Å². The van der Waals surface area contributed by atoms with Crippen molar-refractivity contribution in [3.8, 4) is 101 Å². The molecule has 59 heavy (non-hydrogen) atoms. The standard InChI is InChI=1S/C55H38N2O2/c1-55(2)45-25-10-9-24-44(45)52-46(55)27-29-50-53(52)59-51-33-40(26-28-49(51)58-50)39-20-12-22-42(31-39)48-34-47(41-21-11-18-37(30-41)35-14-5-3-6-15-35)56-54(57-48)43-23-13-19-38(32-43)36-16-7-4-8-17-36/h3-34H,1-2H3. The van der Waals surface area contributed by atoms with Crippen LogP contribution in [-0.2, 0) is 5.41 Å². The molecular weight excluding hydrogens is 721 g/mol. The van der Waals surface area contributed by atoms with E-state index in [-0.39, 0.29) is 5.41 Å². The largest absolute Gasteiger partial charge is 0.449 e. The molecule has 0 radical (unpaired) electrons. The van der Waals surface area contributed by atoms with Gasteiger partial charge in [-0.3, -0.25) is 0 Å². The Morgan fingerprint density at radius 2 is 0.864 bits per heavy atom. The average Bonchev–Trinajstić information content (AvgIpc) is 3.54. The van der Waals surface area contributed by atoms with Crippen molar-refractivity contribution in [2.75, 3.05) is 0 Å². The maximum absolute atomic E-state index is 6.81. The lowest BCUT2D eigenvalue weighted by atomic mass is 9.82. The van der Waals surface area contributed by atoms with Crippen molar-refractivity contribution in [3.05, 3.63) is 205 Å². The topological polar surface area (TPSA) is 44.2 Å². The van der Waals surface area contributed by atoms with E-state index in [1.807, 2.05) is 24.3 Å². The Balaban J connectivity index is 0.992. The molecule has 2 aliphatic rings. The number of rotatable bonds is 6. The van der Waals surface area contributed by atoms with E-state index < -0.39 is 0 Å². The number of hydrogen-bond donors (Lipinski definition) is 0. The lowest BCUT2D eigenvalue weighted by Gasteiger charge is -2.25. The van der Waals surface area contributed by atoms with Gasteiger partial charge in [-0.2, -0.15) is 0 Å². The van der Waals surface area contributed by atoms with Crippen LogP contribution in [0.1, 0.15) is 25.0 Å². The molecule has 11 rings (SSSR count). The van der Waals surface area contributed by atoms with Crippen LogP contribution >= 0.6 is 0 Å². The fourth-order valence-electron chi connectivity index (χ4n) is 8.69. The molecule has 0 atom stereocenters. The highest BCUT2D eigenvalue weighted by Gasteiger charge is 2.39. The molecule has 0 spiro atoms. The number of hydrogen-bond acceptors (Lipinski definition) is 4. The maximum atomic E-state index is 6.81. The summed E-state index contributed by atoms with van der Waals surface area (Å²) in [4.78, 5) is 10.5. The van der Waals surface area contributed by atoms with Crippen molar-refractivity contribution < 1.29 is 9.47 Å². The molecule has 0 fully saturated rings. The Morgan fingerprint density at radius 3 is 1.53 bits per heavy atom. The van der Waals surface area contributed by atoms with E-state index in [2.05, 4.69) is 184 Å². The van der Waals surface area contributed by atoms with E-state index in [1.54, 1.807) is 0 Å².